The fourth-order valence-corrected chi connectivity index (χ4v) is 4.65. The van der Waals surface area contributed by atoms with Gasteiger partial charge >= 0.3 is 0 Å². The van der Waals surface area contributed by atoms with E-state index in [1.54, 1.807) is 43.5 Å². The van der Waals surface area contributed by atoms with Crippen LogP contribution in [0.2, 0.25) is 0 Å². The van der Waals surface area contributed by atoms with Crippen molar-refractivity contribution in [2.24, 2.45) is 0 Å². The van der Waals surface area contributed by atoms with Gasteiger partial charge in [-0.1, -0.05) is 24.3 Å². The monoisotopic (exact) mass is 466 g/mol. The highest BCUT2D eigenvalue weighted by Gasteiger charge is 2.23. The number of aryl methyl sites for hydroxylation is 3. The van der Waals surface area contributed by atoms with Crippen LogP contribution in [-0.4, -0.2) is 43.7 Å². The van der Waals surface area contributed by atoms with Crippen LogP contribution in [0.15, 0.2) is 65.7 Å². The zero-order chi connectivity index (χ0) is 24.2. The lowest BCUT2D eigenvalue weighted by Gasteiger charge is -2.19. The SMILES string of the molecule is Cc1ccnc(NC(=O)CN(C)C(=O)c2ccccc2NS(=O)(=O)c2cc(C)ccc2C)c1. The number of carbonyl (C=O) groups excluding carboxylic acids is 2. The number of sulfonamides is 1. The van der Waals surface area contributed by atoms with Gasteiger partial charge in [0.25, 0.3) is 15.9 Å². The van der Waals surface area contributed by atoms with E-state index >= 15 is 0 Å². The number of nitrogens with zero attached hydrogens (tertiary/aromatic N) is 2. The lowest BCUT2D eigenvalue weighted by Crippen LogP contribution is -2.35. The van der Waals surface area contributed by atoms with E-state index in [0.717, 1.165) is 11.1 Å². The molecule has 0 saturated heterocycles. The summed E-state index contributed by atoms with van der Waals surface area (Å²) in [4.78, 5) is 30.9. The van der Waals surface area contributed by atoms with Crippen LogP contribution in [0, 0.1) is 20.8 Å². The zero-order valence-electron chi connectivity index (χ0n) is 18.9. The Labute approximate surface area is 193 Å². The summed E-state index contributed by atoms with van der Waals surface area (Å²) in [5, 5.41) is 2.65. The number of hydrogen-bond acceptors (Lipinski definition) is 5. The molecule has 0 aliphatic carbocycles. The molecule has 0 saturated carbocycles. The molecule has 0 unspecified atom stereocenters. The molecule has 2 N–H and O–H groups in total. The van der Waals surface area contributed by atoms with Crippen LogP contribution in [0.25, 0.3) is 0 Å². The lowest BCUT2D eigenvalue weighted by atomic mass is 10.1. The van der Waals surface area contributed by atoms with E-state index < -0.39 is 21.8 Å². The Morgan fingerprint density at radius 3 is 2.39 bits per heavy atom. The second kappa shape index (κ2) is 9.83. The van der Waals surface area contributed by atoms with Crippen LogP contribution in [0.4, 0.5) is 11.5 Å². The van der Waals surface area contributed by atoms with E-state index in [9.17, 15) is 18.0 Å². The molecule has 3 aromatic rings. The topological polar surface area (TPSA) is 108 Å². The second-order valence-electron chi connectivity index (χ2n) is 7.85. The molecule has 9 heteroatoms. The molecule has 33 heavy (non-hydrogen) atoms. The van der Waals surface area contributed by atoms with Crippen LogP contribution in [-0.2, 0) is 14.8 Å². The largest absolute Gasteiger partial charge is 0.332 e. The number of benzene rings is 2. The third-order valence-electron chi connectivity index (χ3n) is 4.95. The highest BCUT2D eigenvalue weighted by Crippen LogP contribution is 2.24. The van der Waals surface area contributed by atoms with Gasteiger partial charge in [-0.3, -0.25) is 14.3 Å². The second-order valence-corrected chi connectivity index (χ2v) is 9.50. The number of likely N-dealkylation sites (N-methyl/N-ethyl adjacent to an activating group) is 1. The molecule has 2 amide bonds. The third kappa shape index (κ3) is 5.95. The average Bonchev–Trinajstić information content (AvgIpc) is 2.75. The molecular weight excluding hydrogens is 440 g/mol. The smallest absolute Gasteiger partial charge is 0.262 e. The Balaban J connectivity index is 1.78. The van der Waals surface area contributed by atoms with Gasteiger partial charge < -0.3 is 10.2 Å². The van der Waals surface area contributed by atoms with E-state index in [0.29, 0.717) is 11.4 Å². The van der Waals surface area contributed by atoms with E-state index in [1.807, 2.05) is 26.0 Å². The standard InChI is InChI=1S/C24H26N4O4S/c1-16-9-10-18(3)21(13-16)33(31,32)27-20-8-6-5-7-19(20)24(30)28(4)15-23(29)26-22-14-17(2)11-12-25-22/h5-14,27H,15H2,1-4H3,(H,25,26,29). The molecule has 0 aliphatic rings. The van der Waals surface area contributed by atoms with Crippen LogP contribution in [0.1, 0.15) is 27.0 Å². The Bertz CT molecular complexity index is 1310. The van der Waals surface area contributed by atoms with Crippen molar-refractivity contribution in [1.29, 1.82) is 0 Å². The molecule has 2 aromatic carbocycles. The number of rotatable bonds is 7. The number of anilines is 2. The maximum atomic E-state index is 13.0. The van der Waals surface area contributed by atoms with E-state index in [2.05, 4.69) is 15.0 Å². The first kappa shape index (κ1) is 23.9. The number of para-hydroxylation sites is 1. The molecular formula is C24H26N4O4S. The number of nitrogens with one attached hydrogen (secondary N) is 2. The predicted molar refractivity (Wildman–Crippen MR) is 128 cm³/mol. The zero-order valence-corrected chi connectivity index (χ0v) is 19.7. The van der Waals surface area contributed by atoms with Crippen molar-refractivity contribution in [2.75, 3.05) is 23.6 Å². The number of carbonyl (C=O) groups is 2. The summed E-state index contributed by atoms with van der Waals surface area (Å²) in [6.45, 7) is 5.17. The first-order valence-electron chi connectivity index (χ1n) is 10.2. The summed E-state index contributed by atoms with van der Waals surface area (Å²) >= 11 is 0. The van der Waals surface area contributed by atoms with Crippen molar-refractivity contribution in [1.82, 2.24) is 9.88 Å². The predicted octanol–water partition coefficient (Wildman–Crippen LogP) is 3.52. The van der Waals surface area contributed by atoms with E-state index in [4.69, 9.17) is 0 Å². The van der Waals surface area contributed by atoms with Gasteiger partial charge in [0.15, 0.2) is 0 Å². The van der Waals surface area contributed by atoms with Gasteiger partial charge in [-0.05, 0) is 67.8 Å². The molecule has 172 valence electrons. The third-order valence-corrected chi connectivity index (χ3v) is 6.45. The summed E-state index contributed by atoms with van der Waals surface area (Å²) in [5.41, 5.74) is 2.61. The quantitative estimate of drug-likeness (QED) is 0.554. The molecule has 8 nitrogen and oxygen atoms in total. The molecule has 3 rings (SSSR count). The molecule has 0 atom stereocenters. The Morgan fingerprint density at radius 2 is 1.67 bits per heavy atom. The molecule has 0 spiro atoms. The molecule has 0 bridgehead atoms. The Morgan fingerprint density at radius 1 is 0.970 bits per heavy atom. The minimum atomic E-state index is -3.92. The molecule has 0 fully saturated rings. The number of hydrogen-bond donors (Lipinski definition) is 2. The van der Waals surface area contributed by atoms with Gasteiger partial charge in [0, 0.05) is 13.2 Å². The normalized spacial score (nSPS) is 11.0. The van der Waals surface area contributed by atoms with Gasteiger partial charge in [-0.25, -0.2) is 13.4 Å². The summed E-state index contributed by atoms with van der Waals surface area (Å²) in [5.74, 6) is -0.526. The minimum absolute atomic E-state index is 0.135. The van der Waals surface area contributed by atoms with Crippen molar-refractivity contribution >= 4 is 33.3 Å². The highest BCUT2D eigenvalue weighted by atomic mass is 32.2. The Kier molecular flexibility index (Phi) is 7.13. The molecule has 1 heterocycles. The van der Waals surface area contributed by atoms with Crippen LogP contribution in [0.3, 0.4) is 0 Å². The van der Waals surface area contributed by atoms with Crippen molar-refractivity contribution in [3.8, 4) is 0 Å². The number of aromatic nitrogens is 1. The summed E-state index contributed by atoms with van der Waals surface area (Å²) in [6, 6.07) is 15.0. The average molecular weight is 467 g/mol. The maximum absolute atomic E-state index is 13.0. The molecule has 1 aromatic heterocycles. The Hall–Kier alpha value is -3.72. The lowest BCUT2D eigenvalue weighted by molar-refractivity contribution is -0.116. The van der Waals surface area contributed by atoms with Crippen molar-refractivity contribution in [3.63, 3.8) is 0 Å². The van der Waals surface area contributed by atoms with Crippen LogP contribution >= 0.6 is 0 Å². The number of pyridine rings is 1. The first-order chi connectivity index (χ1) is 15.6. The van der Waals surface area contributed by atoms with Crippen LogP contribution < -0.4 is 10.0 Å². The van der Waals surface area contributed by atoms with E-state index in [1.165, 1.54) is 24.1 Å². The van der Waals surface area contributed by atoms with Gasteiger partial charge in [-0.2, -0.15) is 0 Å². The van der Waals surface area contributed by atoms with Crippen molar-refractivity contribution in [2.45, 2.75) is 25.7 Å². The summed E-state index contributed by atoms with van der Waals surface area (Å²) in [6.07, 6.45) is 1.58. The first-order valence-corrected chi connectivity index (χ1v) is 11.7. The van der Waals surface area contributed by atoms with Gasteiger partial charge in [0.2, 0.25) is 5.91 Å². The van der Waals surface area contributed by atoms with Gasteiger partial charge in [0.05, 0.1) is 22.7 Å². The van der Waals surface area contributed by atoms with Gasteiger partial charge in [0.1, 0.15) is 5.82 Å². The van der Waals surface area contributed by atoms with Crippen molar-refractivity contribution in [3.05, 3.63) is 83.0 Å². The highest BCUT2D eigenvalue weighted by molar-refractivity contribution is 7.92. The van der Waals surface area contributed by atoms with Crippen molar-refractivity contribution < 1.29 is 18.0 Å². The molecule has 0 radical (unpaired) electrons. The van der Waals surface area contributed by atoms with E-state index in [-0.39, 0.29) is 22.7 Å². The fourth-order valence-electron chi connectivity index (χ4n) is 3.23. The molecule has 0 aliphatic heterocycles. The fraction of sp³-hybridized carbons (Fsp3) is 0.208. The van der Waals surface area contributed by atoms with Gasteiger partial charge in [-0.15, -0.1) is 0 Å². The van der Waals surface area contributed by atoms with Crippen LogP contribution in [0.5, 0.6) is 0 Å². The number of amides is 2. The summed E-state index contributed by atoms with van der Waals surface area (Å²) in [7, 11) is -2.45. The summed E-state index contributed by atoms with van der Waals surface area (Å²) < 4.78 is 28.6. The maximum Gasteiger partial charge on any atom is 0.262 e. The minimum Gasteiger partial charge on any atom is -0.332 e.